The van der Waals surface area contributed by atoms with Gasteiger partial charge in [-0.25, -0.2) is 4.79 Å². The molecule has 0 aliphatic rings. The number of aldehydes is 1. The van der Waals surface area contributed by atoms with E-state index in [1.54, 1.807) is 30.3 Å². The minimum Gasteiger partial charge on any atom is -0.445 e. The van der Waals surface area contributed by atoms with Crippen molar-refractivity contribution in [2.24, 2.45) is 0 Å². The van der Waals surface area contributed by atoms with Crippen molar-refractivity contribution < 1.29 is 32.3 Å². The largest absolute Gasteiger partial charge is 0.445 e. The van der Waals surface area contributed by atoms with Crippen LogP contribution >= 0.6 is 0 Å². The topological polar surface area (TPSA) is 66.9 Å². The number of carbonyl (C=O) groups is 3. The molecule has 6 nitrogen and oxygen atoms in total. The van der Waals surface area contributed by atoms with Crippen molar-refractivity contribution in [1.29, 1.82) is 0 Å². The van der Waals surface area contributed by atoms with E-state index in [0.717, 1.165) is 18.7 Å². The maximum Gasteiger partial charge on any atom is 0.411 e. The summed E-state index contributed by atoms with van der Waals surface area (Å²) in [6.07, 6.45) is -5.63. The summed E-state index contributed by atoms with van der Waals surface area (Å²) in [5, 5.41) is 0. The number of ether oxygens (including phenoxy) is 1. The van der Waals surface area contributed by atoms with E-state index in [1.807, 2.05) is 0 Å². The van der Waals surface area contributed by atoms with Gasteiger partial charge in [-0.05, 0) is 19.4 Å². The molecule has 0 bridgehead atoms. The molecule has 9 heteroatoms. The zero-order valence-corrected chi connectivity index (χ0v) is 14.7. The summed E-state index contributed by atoms with van der Waals surface area (Å²) < 4.78 is 45.1. The highest BCUT2D eigenvalue weighted by atomic mass is 19.4. The Balaban J connectivity index is 2.97. The molecule has 1 aromatic carbocycles. The van der Waals surface area contributed by atoms with Crippen molar-refractivity contribution in [1.82, 2.24) is 9.80 Å². The van der Waals surface area contributed by atoms with Crippen LogP contribution in [0.3, 0.4) is 0 Å². The van der Waals surface area contributed by atoms with E-state index >= 15 is 0 Å². The predicted molar refractivity (Wildman–Crippen MR) is 87.2 cm³/mol. The number of amides is 2. The third-order valence-corrected chi connectivity index (χ3v) is 3.86. The van der Waals surface area contributed by atoms with Crippen molar-refractivity contribution in [3.63, 3.8) is 0 Å². The number of hydrogen-bond donors (Lipinski definition) is 0. The third kappa shape index (κ3) is 5.47. The number of alkyl halides is 3. The van der Waals surface area contributed by atoms with Gasteiger partial charge in [-0.1, -0.05) is 30.3 Å². The van der Waals surface area contributed by atoms with E-state index in [0.29, 0.717) is 16.7 Å². The molecule has 0 radical (unpaired) electrons. The standard InChI is InChI=1S/C17H21F3N2O4/c1-16(2,17(18,19)20)22(11-14(24)21(3)9-10-23)15(25)26-12-13-7-5-4-6-8-13/h4-8,10H,9,11-12H2,1-3H3. The maximum absolute atomic E-state index is 13.4. The van der Waals surface area contributed by atoms with Crippen molar-refractivity contribution in [2.75, 3.05) is 20.1 Å². The van der Waals surface area contributed by atoms with Crippen LogP contribution in [0.1, 0.15) is 19.4 Å². The molecular formula is C17H21F3N2O4. The first-order valence-corrected chi connectivity index (χ1v) is 7.73. The third-order valence-electron chi connectivity index (χ3n) is 3.86. The number of likely N-dealkylation sites (N-methyl/N-ethyl adjacent to an activating group) is 1. The molecule has 1 aromatic rings. The average Bonchev–Trinajstić information content (AvgIpc) is 2.57. The number of benzene rings is 1. The highest BCUT2D eigenvalue weighted by Gasteiger charge is 2.54. The van der Waals surface area contributed by atoms with E-state index in [2.05, 4.69) is 0 Å². The molecular weight excluding hydrogens is 353 g/mol. The molecule has 0 saturated carbocycles. The molecule has 0 heterocycles. The molecule has 0 aliphatic carbocycles. The van der Waals surface area contributed by atoms with Crippen LogP contribution < -0.4 is 0 Å². The van der Waals surface area contributed by atoms with E-state index in [9.17, 15) is 27.6 Å². The molecule has 144 valence electrons. The number of nitrogens with zero attached hydrogens (tertiary/aromatic N) is 2. The Morgan fingerprint density at radius 3 is 2.23 bits per heavy atom. The summed E-state index contributed by atoms with van der Waals surface area (Å²) in [5.74, 6) is -0.814. The lowest BCUT2D eigenvalue weighted by molar-refractivity contribution is -0.214. The van der Waals surface area contributed by atoms with E-state index < -0.39 is 30.3 Å². The minimum atomic E-state index is -4.79. The smallest absolute Gasteiger partial charge is 0.411 e. The lowest BCUT2D eigenvalue weighted by atomic mass is 10.0. The fraction of sp³-hybridized carbons (Fsp3) is 0.471. The Kier molecular flexibility index (Phi) is 7.17. The Labute approximate surface area is 149 Å². The van der Waals surface area contributed by atoms with Crippen molar-refractivity contribution >= 4 is 18.3 Å². The van der Waals surface area contributed by atoms with Crippen LogP contribution in [0.25, 0.3) is 0 Å². The first-order chi connectivity index (χ1) is 12.0. The lowest BCUT2D eigenvalue weighted by Crippen LogP contribution is -2.59. The monoisotopic (exact) mass is 374 g/mol. The molecule has 26 heavy (non-hydrogen) atoms. The SMILES string of the molecule is CN(CC=O)C(=O)CN(C(=O)OCc1ccccc1)C(C)(C)C(F)(F)F. The van der Waals surface area contributed by atoms with Crippen LogP contribution in [0.2, 0.25) is 0 Å². The zero-order chi connectivity index (χ0) is 20.0. The van der Waals surface area contributed by atoms with Gasteiger partial charge in [0.05, 0.1) is 6.54 Å². The van der Waals surface area contributed by atoms with Gasteiger partial charge < -0.3 is 14.4 Å². The normalized spacial score (nSPS) is 11.6. The first kappa shape index (κ1) is 21.5. The molecule has 0 unspecified atom stereocenters. The highest BCUT2D eigenvalue weighted by molar-refractivity contribution is 5.84. The molecule has 0 spiro atoms. The molecule has 0 aliphatic heterocycles. The van der Waals surface area contributed by atoms with E-state index in [-0.39, 0.29) is 13.2 Å². The molecule has 1 rings (SSSR count). The van der Waals surface area contributed by atoms with Crippen LogP contribution in [0.15, 0.2) is 30.3 Å². The Bertz CT molecular complexity index is 633. The predicted octanol–water partition coefficient (Wildman–Crippen LogP) is 2.62. The molecule has 0 N–H and O–H groups in total. The Morgan fingerprint density at radius 2 is 1.73 bits per heavy atom. The lowest BCUT2D eigenvalue weighted by Gasteiger charge is -2.39. The van der Waals surface area contributed by atoms with Gasteiger partial charge in [0.1, 0.15) is 25.0 Å². The van der Waals surface area contributed by atoms with Gasteiger partial charge in [-0.3, -0.25) is 9.69 Å². The summed E-state index contributed by atoms with van der Waals surface area (Å²) in [6, 6.07) is 8.42. The van der Waals surface area contributed by atoms with Crippen LogP contribution in [-0.4, -0.2) is 59.9 Å². The van der Waals surface area contributed by atoms with E-state index in [4.69, 9.17) is 4.74 Å². The van der Waals surface area contributed by atoms with Gasteiger partial charge in [-0.2, -0.15) is 13.2 Å². The molecule has 2 amide bonds. The van der Waals surface area contributed by atoms with Crippen molar-refractivity contribution in [2.45, 2.75) is 32.2 Å². The van der Waals surface area contributed by atoms with E-state index in [1.165, 1.54) is 7.05 Å². The fourth-order valence-corrected chi connectivity index (χ4v) is 1.91. The van der Waals surface area contributed by atoms with Crippen LogP contribution in [0.5, 0.6) is 0 Å². The molecule has 0 saturated heterocycles. The zero-order valence-electron chi connectivity index (χ0n) is 14.7. The fourth-order valence-electron chi connectivity index (χ4n) is 1.91. The summed E-state index contributed by atoms with van der Waals surface area (Å²) >= 11 is 0. The minimum absolute atomic E-state index is 0.234. The molecule has 0 atom stereocenters. The van der Waals surface area contributed by atoms with Gasteiger partial charge in [-0.15, -0.1) is 0 Å². The number of hydrogen-bond acceptors (Lipinski definition) is 4. The second-order valence-corrected chi connectivity index (χ2v) is 6.12. The number of carbonyl (C=O) groups excluding carboxylic acids is 3. The Morgan fingerprint density at radius 1 is 1.15 bits per heavy atom. The summed E-state index contributed by atoms with van der Waals surface area (Å²) in [6.45, 7) is 0.165. The summed E-state index contributed by atoms with van der Waals surface area (Å²) in [4.78, 5) is 36.1. The Hall–Kier alpha value is -2.58. The highest BCUT2D eigenvalue weighted by Crippen LogP contribution is 2.35. The van der Waals surface area contributed by atoms with Crippen LogP contribution in [-0.2, 0) is 20.9 Å². The van der Waals surface area contributed by atoms with Crippen molar-refractivity contribution in [3.8, 4) is 0 Å². The quantitative estimate of drug-likeness (QED) is 0.688. The molecule has 0 aromatic heterocycles. The van der Waals surface area contributed by atoms with Gasteiger partial charge in [0.15, 0.2) is 0 Å². The van der Waals surface area contributed by atoms with Gasteiger partial charge in [0, 0.05) is 7.05 Å². The van der Waals surface area contributed by atoms with Crippen molar-refractivity contribution in [3.05, 3.63) is 35.9 Å². The van der Waals surface area contributed by atoms with Gasteiger partial charge in [0.25, 0.3) is 0 Å². The summed E-state index contributed by atoms with van der Waals surface area (Å²) in [7, 11) is 1.25. The first-order valence-electron chi connectivity index (χ1n) is 7.73. The number of rotatable bonds is 7. The van der Waals surface area contributed by atoms with Gasteiger partial charge >= 0.3 is 12.3 Å². The van der Waals surface area contributed by atoms with Gasteiger partial charge in [0.2, 0.25) is 5.91 Å². The second-order valence-electron chi connectivity index (χ2n) is 6.12. The number of halogens is 3. The summed E-state index contributed by atoms with van der Waals surface area (Å²) in [5.41, 5.74) is -2.05. The van der Waals surface area contributed by atoms with Crippen LogP contribution in [0.4, 0.5) is 18.0 Å². The second kappa shape index (κ2) is 8.68. The molecule has 0 fully saturated rings. The maximum atomic E-state index is 13.4. The average molecular weight is 374 g/mol. The van der Waals surface area contributed by atoms with Crippen LogP contribution in [0, 0.1) is 0 Å².